The molecule has 32 heavy (non-hydrogen) atoms. The highest BCUT2D eigenvalue weighted by Crippen LogP contribution is 2.34. The van der Waals surface area contributed by atoms with Crippen molar-refractivity contribution in [1.82, 2.24) is 4.90 Å². The number of alkyl halides is 1. The molecule has 0 heterocycles. The first-order valence-corrected chi connectivity index (χ1v) is 12.4. The van der Waals surface area contributed by atoms with Gasteiger partial charge in [0.1, 0.15) is 6.17 Å². The summed E-state index contributed by atoms with van der Waals surface area (Å²) in [6, 6.07) is 22.4. The van der Waals surface area contributed by atoms with Crippen molar-refractivity contribution in [3.8, 4) is 6.07 Å². The van der Waals surface area contributed by atoms with E-state index < -0.39 is 6.17 Å². The zero-order valence-corrected chi connectivity index (χ0v) is 20.3. The van der Waals surface area contributed by atoms with Crippen LogP contribution >= 0.6 is 0 Å². The van der Waals surface area contributed by atoms with Gasteiger partial charge in [-0.25, -0.2) is 4.39 Å². The Morgan fingerprint density at radius 2 is 1.53 bits per heavy atom. The lowest BCUT2D eigenvalue weighted by Gasteiger charge is -2.29. The van der Waals surface area contributed by atoms with Crippen molar-refractivity contribution in [2.45, 2.75) is 90.3 Å². The first kappa shape index (κ1) is 26.1. The summed E-state index contributed by atoms with van der Waals surface area (Å²) in [4.78, 5) is 2.65. The van der Waals surface area contributed by atoms with Crippen LogP contribution in [0.4, 0.5) is 4.39 Å². The van der Waals surface area contributed by atoms with Gasteiger partial charge in [-0.2, -0.15) is 5.26 Å². The summed E-state index contributed by atoms with van der Waals surface area (Å²) >= 11 is 0. The van der Waals surface area contributed by atoms with Gasteiger partial charge in [0.2, 0.25) is 0 Å². The molecule has 0 saturated heterocycles. The van der Waals surface area contributed by atoms with Gasteiger partial charge in [-0.15, -0.1) is 0 Å². The molecule has 0 aromatic heterocycles. The number of nitrogens with zero attached hydrogens (tertiary/aromatic N) is 2. The van der Waals surface area contributed by atoms with E-state index in [0.29, 0.717) is 12.0 Å². The lowest BCUT2D eigenvalue weighted by molar-refractivity contribution is 0.202. The average molecular weight is 437 g/mol. The third kappa shape index (κ3) is 9.13. The summed E-state index contributed by atoms with van der Waals surface area (Å²) in [5.41, 5.74) is 4.27. The van der Waals surface area contributed by atoms with Crippen molar-refractivity contribution in [2.75, 3.05) is 13.1 Å². The van der Waals surface area contributed by atoms with Gasteiger partial charge >= 0.3 is 0 Å². The maximum Gasteiger partial charge on any atom is 0.100 e. The summed E-state index contributed by atoms with van der Waals surface area (Å²) in [6.45, 7) is 8.39. The third-order valence-electron chi connectivity index (χ3n) is 6.62. The van der Waals surface area contributed by atoms with Gasteiger partial charge < -0.3 is 4.90 Å². The van der Waals surface area contributed by atoms with Crippen LogP contribution < -0.4 is 0 Å². The molecule has 0 spiro atoms. The first-order chi connectivity index (χ1) is 15.6. The summed E-state index contributed by atoms with van der Waals surface area (Å²) in [7, 11) is 0. The van der Waals surface area contributed by atoms with E-state index in [1.54, 1.807) is 6.07 Å². The molecular formula is C29H41FN2. The molecule has 2 nitrogen and oxygen atoms in total. The fourth-order valence-electron chi connectivity index (χ4n) is 4.66. The zero-order chi connectivity index (χ0) is 23.2. The van der Waals surface area contributed by atoms with E-state index in [1.165, 1.54) is 43.0 Å². The summed E-state index contributed by atoms with van der Waals surface area (Å²) < 4.78 is 13.4. The Labute approximate surface area is 195 Å². The van der Waals surface area contributed by atoms with E-state index in [4.69, 9.17) is 5.26 Å². The second-order valence-corrected chi connectivity index (χ2v) is 9.07. The van der Waals surface area contributed by atoms with Crippen molar-refractivity contribution < 1.29 is 4.39 Å². The Morgan fingerprint density at radius 1 is 0.938 bits per heavy atom. The molecule has 1 unspecified atom stereocenters. The second-order valence-electron chi connectivity index (χ2n) is 9.07. The predicted molar refractivity (Wildman–Crippen MR) is 134 cm³/mol. The molecule has 0 bridgehead atoms. The Kier molecular flexibility index (Phi) is 12.1. The molecule has 174 valence electrons. The van der Waals surface area contributed by atoms with Gasteiger partial charge in [0.25, 0.3) is 0 Å². The Hall–Kier alpha value is -2.18. The number of rotatable bonds is 10. The average Bonchev–Trinajstić information content (AvgIpc) is 2.82. The van der Waals surface area contributed by atoms with E-state index in [2.05, 4.69) is 73.3 Å². The number of halogens is 1. The number of nitriles is 1. The minimum atomic E-state index is -0.569. The molecule has 1 aliphatic carbocycles. The monoisotopic (exact) mass is 436 g/mol. The molecule has 0 radical (unpaired) electrons. The van der Waals surface area contributed by atoms with E-state index in [1.807, 2.05) is 0 Å². The van der Waals surface area contributed by atoms with Gasteiger partial charge in [-0.3, -0.25) is 0 Å². The second kappa shape index (κ2) is 14.8. The molecule has 0 amide bonds. The minimum Gasteiger partial charge on any atom is -0.300 e. The van der Waals surface area contributed by atoms with Gasteiger partial charge in [0.05, 0.1) is 6.07 Å². The largest absolute Gasteiger partial charge is 0.300 e. The molecule has 2 aromatic carbocycles. The lowest BCUT2D eigenvalue weighted by atomic mass is 9.83. The molecule has 0 aliphatic heterocycles. The van der Waals surface area contributed by atoms with Crippen molar-refractivity contribution in [3.63, 3.8) is 0 Å². The third-order valence-corrected chi connectivity index (χ3v) is 6.62. The van der Waals surface area contributed by atoms with Gasteiger partial charge in [-0.1, -0.05) is 61.5 Å². The van der Waals surface area contributed by atoms with Crippen LogP contribution in [0.5, 0.6) is 0 Å². The molecule has 1 saturated carbocycles. The Balaban J connectivity index is 0.00000114. The molecule has 1 fully saturated rings. The van der Waals surface area contributed by atoms with Crippen LogP contribution in [0.2, 0.25) is 0 Å². The van der Waals surface area contributed by atoms with Crippen molar-refractivity contribution in [2.24, 2.45) is 0 Å². The molecule has 3 heteroatoms. The molecule has 1 aliphatic rings. The van der Waals surface area contributed by atoms with Crippen molar-refractivity contribution >= 4 is 0 Å². The maximum atomic E-state index is 13.4. The van der Waals surface area contributed by atoms with E-state index in [0.717, 1.165) is 45.1 Å². The predicted octanol–water partition coefficient (Wildman–Crippen LogP) is 7.49. The highest BCUT2D eigenvalue weighted by atomic mass is 19.1. The Morgan fingerprint density at radius 3 is 2.12 bits per heavy atom. The molecule has 0 N–H and O–H groups in total. The van der Waals surface area contributed by atoms with Crippen LogP contribution in [0.25, 0.3) is 0 Å². The summed E-state index contributed by atoms with van der Waals surface area (Å²) in [5, 5.41) is 7.32. The van der Waals surface area contributed by atoms with Crippen LogP contribution in [-0.4, -0.2) is 30.2 Å². The standard InChI is InChI=1S/C27H38FN.C2H3N/c1-3-20-29(21-19-23-7-5-4-6-8-23)22(2)9-10-24-11-13-25(14-12-24)26-15-17-27(28)18-16-26;1-2-3/h4-8,11-14,22,26-27H,3,9-10,15-21H2,1-2H3;1H3. The quantitative estimate of drug-likeness (QED) is 0.386. The summed E-state index contributed by atoms with van der Waals surface area (Å²) in [6.07, 6.45) is 7.57. The fraction of sp³-hybridized carbons (Fsp3) is 0.552. The smallest absolute Gasteiger partial charge is 0.100 e. The maximum absolute atomic E-state index is 13.4. The topological polar surface area (TPSA) is 27.0 Å². The molecule has 1 atom stereocenters. The number of benzene rings is 2. The Bertz CT molecular complexity index is 773. The van der Waals surface area contributed by atoms with Crippen LogP contribution in [-0.2, 0) is 12.8 Å². The molecular weight excluding hydrogens is 395 g/mol. The van der Waals surface area contributed by atoms with Gasteiger partial charge in [0.15, 0.2) is 0 Å². The van der Waals surface area contributed by atoms with Crippen LogP contribution in [0.15, 0.2) is 54.6 Å². The highest BCUT2D eigenvalue weighted by molar-refractivity contribution is 5.26. The number of hydrogen-bond acceptors (Lipinski definition) is 2. The van der Waals surface area contributed by atoms with Crippen LogP contribution in [0.3, 0.4) is 0 Å². The van der Waals surface area contributed by atoms with Crippen LogP contribution in [0, 0.1) is 11.3 Å². The highest BCUT2D eigenvalue weighted by Gasteiger charge is 2.21. The SMILES string of the molecule is CC#N.CCCN(CCc1ccccc1)C(C)CCc1ccc(C2CCC(F)CC2)cc1. The van der Waals surface area contributed by atoms with E-state index in [-0.39, 0.29) is 0 Å². The molecule has 3 rings (SSSR count). The summed E-state index contributed by atoms with van der Waals surface area (Å²) in [5.74, 6) is 0.563. The normalized spacial score (nSPS) is 19.0. The molecule has 2 aromatic rings. The fourth-order valence-corrected chi connectivity index (χ4v) is 4.66. The lowest BCUT2D eigenvalue weighted by Crippen LogP contribution is -2.35. The van der Waals surface area contributed by atoms with Crippen LogP contribution in [0.1, 0.15) is 81.9 Å². The number of hydrogen-bond donors (Lipinski definition) is 0. The van der Waals surface area contributed by atoms with Gasteiger partial charge in [-0.05, 0) is 87.4 Å². The number of aryl methyl sites for hydroxylation is 1. The van der Waals surface area contributed by atoms with Gasteiger partial charge in [0, 0.05) is 19.5 Å². The van der Waals surface area contributed by atoms with E-state index >= 15 is 0 Å². The zero-order valence-electron chi connectivity index (χ0n) is 20.3. The van der Waals surface area contributed by atoms with E-state index in [9.17, 15) is 4.39 Å². The first-order valence-electron chi connectivity index (χ1n) is 12.4. The van der Waals surface area contributed by atoms with Crippen molar-refractivity contribution in [3.05, 3.63) is 71.3 Å². The van der Waals surface area contributed by atoms with Crippen molar-refractivity contribution in [1.29, 1.82) is 5.26 Å². The minimum absolute atomic E-state index is 0.563.